The fourth-order valence-corrected chi connectivity index (χ4v) is 8.82. The van der Waals surface area contributed by atoms with Crippen LogP contribution in [0.1, 0.15) is 0 Å². The van der Waals surface area contributed by atoms with Gasteiger partial charge in [-0.2, -0.15) is 0 Å². The summed E-state index contributed by atoms with van der Waals surface area (Å²) in [6.45, 7) is 0. The van der Waals surface area contributed by atoms with E-state index in [9.17, 15) is 0 Å². The van der Waals surface area contributed by atoms with Crippen molar-refractivity contribution in [2.75, 3.05) is 0 Å². The smallest absolute Gasteiger partial charge is 0.0369 e. The van der Waals surface area contributed by atoms with Gasteiger partial charge in [0.05, 0.1) is 0 Å². The van der Waals surface area contributed by atoms with Gasteiger partial charge in [-0.3, -0.25) is 0 Å². The molecule has 0 unspecified atom stereocenters. The molecule has 0 spiro atoms. The molecule has 0 saturated carbocycles. The zero-order chi connectivity index (χ0) is 26.2. The third kappa shape index (κ3) is 3.18. The first kappa shape index (κ1) is 22.3. The van der Waals surface area contributed by atoms with Crippen LogP contribution in [0, 0.1) is 0 Å². The van der Waals surface area contributed by atoms with E-state index in [1.165, 1.54) is 84.1 Å². The van der Waals surface area contributed by atoms with Gasteiger partial charge in [0, 0.05) is 40.3 Å². The lowest BCUT2D eigenvalue weighted by Crippen LogP contribution is -1.90. The maximum absolute atomic E-state index is 2.44. The Morgan fingerprint density at radius 1 is 0.275 bits per heavy atom. The SMILES string of the molecule is c1ccc(-c2c3ccccc3c(-c3ccc4sc5cc6sc7ccccc7c6cc5c4c3)c3ccccc23)cc1. The van der Waals surface area contributed by atoms with E-state index in [4.69, 9.17) is 0 Å². The average molecular weight is 543 g/mol. The van der Waals surface area contributed by atoms with E-state index in [0.717, 1.165) is 0 Å². The molecule has 9 aromatic rings. The minimum absolute atomic E-state index is 1.26. The summed E-state index contributed by atoms with van der Waals surface area (Å²) in [6.07, 6.45) is 0. The van der Waals surface area contributed by atoms with Crippen LogP contribution < -0.4 is 0 Å². The van der Waals surface area contributed by atoms with Crippen LogP contribution in [0.3, 0.4) is 0 Å². The molecule has 0 aliphatic rings. The van der Waals surface area contributed by atoms with Crippen molar-refractivity contribution < 1.29 is 0 Å². The molecule has 7 aromatic carbocycles. The summed E-state index contributed by atoms with van der Waals surface area (Å²) in [5, 5.41) is 10.6. The van der Waals surface area contributed by atoms with Crippen molar-refractivity contribution in [3.63, 3.8) is 0 Å². The second kappa shape index (κ2) is 8.50. The van der Waals surface area contributed by atoms with Crippen molar-refractivity contribution >= 4 is 84.6 Å². The van der Waals surface area contributed by atoms with Gasteiger partial charge in [0.2, 0.25) is 0 Å². The Morgan fingerprint density at radius 2 is 0.750 bits per heavy atom. The number of fused-ring (bicyclic) bond motifs is 8. The fraction of sp³-hybridized carbons (Fsp3) is 0. The van der Waals surface area contributed by atoms with Gasteiger partial charge in [0.1, 0.15) is 0 Å². The molecule has 0 N–H and O–H groups in total. The predicted octanol–water partition coefficient (Wildman–Crippen LogP) is 12.1. The Balaban J connectivity index is 1.37. The van der Waals surface area contributed by atoms with Gasteiger partial charge < -0.3 is 0 Å². The predicted molar refractivity (Wildman–Crippen MR) is 178 cm³/mol. The van der Waals surface area contributed by atoms with E-state index in [-0.39, 0.29) is 0 Å². The standard InChI is InChI=1S/C38H22S2/c1-2-10-23(11-3-1)37-26-13-4-6-15-28(26)38(29-16-7-5-14-27(29)37)24-18-19-34-30(20-24)32-21-31-25-12-8-9-17-33(25)39-35(31)22-36(32)40-34/h1-22H. The van der Waals surface area contributed by atoms with Crippen LogP contribution >= 0.6 is 22.7 Å². The van der Waals surface area contributed by atoms with Crippen molar-refractivity contribution in [1.29, 1.82) is 0 Å². The van der Waals surface area contributed by atoms with Gasteiger partial charge in [0.15, 0.2) is 0 Å². The summed E-state index contributed by atoms with van der Waals surface area (Å²) in [7, 11) is 0. The van der Waals surface area contributed by atoms with Crippen LogP contribution in [0.15, 0.2) is 133 Å². The van der Waals surface area contributed by atoms with Gasteiger partial charge in [-0.1, -0.05) is 103 Å². The molecule has 9 rings (SSSR count). The van der Waals surface area contributed by atoms with Crippen molar-refractivity contribution in [3.05, 3.63) is 133 Å². The highest BCUT2D eigenvalue weighted by Crippen LogP contribution is 2.46. The fourth-order valence-electron chi connectivity index (χ4n) is 6.51. The number of benzene rings is 7. The summed E-state index contributed by atoms with van der Waals surface area (Å²) < 4.78 is 5.43. The van der Waals surface area contributed by atoms with Gasteiger partial charge in [-0.25, -0.2) is 0 Å². The third-order valence-electron chi connectivity index (χ3n) is 8.25. The average Bonchev–Trinajstić information content (AvgIpc) is 3.55. The molecular weight excluding hydrogens is 521 g/mol. The molecule has 40 heavy (non-hydrogen) atoms. The molecule has 0 amide bonds. The third-order valence-corrected chi connectivity index (χ3v) is 10.5. The molecule has 0 aliphatic carbocycles. The Bertz CT molecular complexity index is 2370. The molecule has 0 nitrogen and oxygen atoms in total. The maximum atomic E-state index is 2.44. The lowest BCUT2D eigenvalue weighted by molar-refractivity contribution is 1.66. The minimum atomic E-state index is 1.26. The molecular formula is C38H22S2. The molecule has 0 fully saturated rings. The number of hydrogen-bond donors (Lipinski definition) is 0. The van der Waals surface area contributed by atoms with Gasteiger partial charge in [-0.05, 0) is 74.1 Å². The van der Waals surface area contributed by atoms with Gasteiger partial charge in [0.25, 0.3) is 0 Å². The molecule has 0 radical (unpaired) electrons. The monoisotopic (exact) mass is 542 g/mol. The van der Waals surface area contributed by atoms with Crippen molar-refractivity contribution in [1.82, 2.24) is 0 Å². The van der Waals surface area contributed by atoms with Crippen molar-refractivity contribution in [2.24, 2.45) is 0 Å². The van der Waals surface area contributed by atoms with Crippen LogP contribution in [0.4, 0.5) is 0 Å². The lowest BCUT2D eigenvalue weighted by atomic mass is 9.86. The Kier molecular flexibility index (Phi) is 4.74. The number of hydrogen-bond acceptors (Lipinski definition) is 2. The van der Waals surface area contributed by atoms with E-state index in [1.54, 1.807) is 0 Å². The minimum Gasteiger partial charge on any atom is -0.135 e. The first-order valence-electron chi connectivity index (χ1n) is 13.6. The molecule has 2 heterocycles. The Morgan fingerprint density at radius 3 is 1.40 bits per heavy atom. The summed E-state index contributed by atoms with van der Waals surface area (Å²) in [5.74, 6) is 0. The molecule has 0 aliphatic heterocycles. The van der Waals surface area contributed by atoms with Gasteiger partial charge >= 0.3 is 0 Å². The zero-order valence-corrected chi connectivity index (χ0v) is 23.2. The van der Waals surface area contributed by atoms with Crippen LogP contribution in [-0.4, -0.2) is 0 Å². The first-order chi connectivity index (χ1) is 19.8. The van der Waals surface area contributed by atoms with E-state index in [2.05, 4.69) is 133 Å². The molecule has 186 valence electrons. The lowest BCUT2D eigenvalue weighted by Gasteiger charge is -2.17. The molecule has 0 saturated heterocycles. The van der Waals surface area contributed by atoms with Crippen molar-refractivity contribution in [2.45, 2.75) is 0 Å². The number of rotatable bonds is 2. The first-order valence-corrected chi connectivity index (χ1v) is 15.2. The van der Waals surface area contributed by atoms with Crippen molar-refractivity contribution in [3.8, 4) is 22.3 Å². The van der Waals surface area contributed by atoms with E-state index in [1.807, 2.05) is 22.7 Å². The maximum Gasteiger partial charge on any atom is 0.0369 e. The second-order valence-electron chi connectivity index (χ2n) is 10.5. The van der Waals surface area contributed by atoms with Crippen LogP contribution in [0.25, 0.3) is 84.1 Å². The molecule has 2 aromatic heterocycles. The van der Waals surface area contributed by atoms with E-state index >= 15 is 0 Å². The van der Waals surface area contributed by atoms with Gasteiger partial charge in [-0.15, -0.1) is 22.7 Å². The number of thiophene rings is 2. The summed E-state index contributed by atoms with van der Waals surface area (Å²) in [5.41, 5.74) is 5.15. The molecule has 0 bridgehead atoms. The van der Waals surface area contributed by atoms with Crippen LogP contribution in [-0.2, 0) is 0 Å². The quantitative estimate of drug-likeness (QED) is 0.191. The normalized spacial score (nSPS) is 12.0. The Hall–Kier alpha value is -4.50. The van der Waals surface area contributed by atoms with E-state index in [0.29, 0.717) is 0 Å². The highest BCUT2D eigenvalue weighted by molar-refractivity contribution is 7.28. The second-order valence-corrected chi connectivity index (χ2v) is 12.6. The highest BCUT2D eigenvalue weighted by atomic mass is 32.1. The summed E-state index contributed by atoms with van der Waals surface area (Å²) in [4.78, 5) is 0. The van der Waals surface area contributed by atoms with Crippen LogP contribution in [0.2, 0.25) is 0 Å². The van der Waals surface area contributed by atoms with Crippen LogP contribution in [0.5, 0.6) is 0 Å². The molecule has 2 heteroatoms. The zero-order valence-electron chi connectivity index (χ0n) is 21.5. The molecule has 0 atom stereocenters. The summed E-state index contributed by atoms with van der Waals surface area (Å²) in [6, 6.07) is 49.4. The highest BCUT2D eigenvalue weighted by Gasteiger charge is 2.17. The van der Waals surface area contributed by atoms with E-state index < -0.39 is 0 Å². The summed E-state index contributed by atoms with van der Waals surface area (Å²) >= 11 is 3.80. The largest absolute Gasteiger partial charge is 0.135 e. The topological polar surface area (TPSA) is 0 Å². The Labute approximate surface area is 239 Å².